The van der Waals surface area contributed by atoms with Crippen LogP contribution in [0.4, 0.5) is 0 Å². The van der Waals surface area contributed by atoms with Crippen molar-refractivity contribution in [2.45, 2.75) is 0 Å². The van der Waals surface area contributed by atoms with Crippen molar-refractivity contribution in [3.63, 3.8) is 0 Å². The largest absolute Gasteiger partial charge is 0.618 e. The lowest BCUT2D eigenvalue weighted by Gasteiger charge is -2.04. The van der Waals surface area contributed by atoms with Gasteiger partial charge < -0.3 is 15.1 Å². The Balaban J connectivity index is 2.70. The molecule has 1 heterocycles. The highest BCUT2D eigenvalue weighted by Gasteiger charge is 2.12. The summed E-state index contributed by atoms with van der Waals surface area (Å²) in [6, 6.07) is 5.68. The number of nitrogens with zero attached hydrogens (tertiary/aromatic N) is 1. The van der Waals surface area contributed by atoms with Crippen molar-refractivity contribution < 1.29 is 19.4 Å². The maximum atomic E-state index is 11.4. The smallest absolute Gasteiger partial charge is 0.338 e. The van der Waals surface area contributed by atoms with Crippen LogP contribution in [0.1, 0.15) is 10.4 Å². The van der Waals surface area contributed by atoms with Gasteiger partial charge in [-0.25, -0.2) is 4.79 Å². The molecule has 2 rings (SSSR count). The third-order valence-corrected chi connectivity index (χ3v) is 2.30. The number of benzene rings is 1. The molecule has 0 fully saturated rings. The van der Waals surface area contributed by atoms with Gasteiger partial charge in [0.25, 0.3) is 0 Å². The molecule has 1 aromatic heterocycles. The normalized spacial score (nSPS) is 10.3. The van der Waals surface area contributed by atoms with Gasteiger partial charge in [-0.05, 0) is 12.1 Å². The first-order valence-electron chi connectivity index (χ1n) is 4.56. The van der Waals surface area contributed by atoms with Gasteiger partial charge in [0.05, 0.1) is 18.1 Å². The lowest BCUT2D eigenvalue weighted by Crippen LogP contribution is -2.26. The van der Waals surface area contributed by atoms with E-state index in [1.54, 1.807) is 0 Å². The van der Waals surface area contributed by atoms with Crippen LogP contribution in [-0.2, 0) is 4.74 Å². The Morgan fingerprint density at radius 1 is 1.44 bits per heavy atom. The first-order valence-corrected chi connectivity index (χ1v) is 4.56. The van der Waals surface area contributed by atoms with Gasteiger partial charge in [0.15, 0.2) is 6.20 Å². The highest BCUT2D eigenvalue weighted by atomic mass is 16.5. The van der Waals surface area contributed by atoms with Crippen LogP contribution in [0.25, 0.3) is 10.9 Å². The summed E-state index contributed by atoms with van der Waals surface area (Å²) in [5.41, 5.74) is 0.494. The Labute approximate surface area is 91.1 Å². The Morgan fingerprint density at radius 3 is 2.88 bits per heavy atom. The molecule has 0 aliphatic heterocycles. The fourth-order valence-corrected chi connectivity index (χ4v) is 1.48. The number of fused-ring (bicyclic) bond motifs is 1. The summed E-state index contributed by atoms with van der Waals surface area (Å²) in [6.07, 6.45) is 1.18. The summed E-state index contributed by atoms with van der Waals surface area (Å²) in [5.74, 6) is -0.524. The standard InChI is InChI=1S/C11H9NO4/c1-16-11(14)7-2-3-8-9(6-7)12(15)5-4-10(8)13/h2-6,13H,1H3. The van der Waals surface area contributed by atoms with Crippen LogP contribution in [0.5, 0.6) is 5.75 Å². The zero-order valence-electron chi connectivity index (χ0n) is 8.51. The maximum absolute atomic E-state index is 11.4. The summed E-state index contributed by atoms with van der Waals surface area (Å²) in [7, 11) is 1.26. The molecule has 0 saturated carbocycles. The molecule has 0 spiro atoms. The van der Waals surface area contributed by atoms with Crippen LogP contribution >= 0.6 is 0 Å². The van der Waals surface area contributed by atoms with Crippen molar-refractivity contribution in [3.05, 3.63) is 41.2 Å². The molecule has 0 atom stereocenters. The zero-order chi connectivity index (χ0) is 11.7. The Bertz CT molecular complexity index is 565. The number of ether oxygens (including phenoxy) is 1. The SMILES string of the molecule is COC(=O)c1ccc2c(O)cc[n+]([O-])c2c1. The van der Waals surface area contributed by atoms with Crippen LogP contribution in [0, 0.1) is 5.21 Å². The number of pyridine rings is 1. The molecule has 0 amide bonds. The molecule has 1 aromatic carbocycles. The van der Waals surface area contributed by atoms with Gasteiger partial charge in [0.2, 0.25) is 5.52 Å². The van der Waals surface area contributed by atoms with Crippen LogP contribution in [-0.4, -0.2) is 18.2 Å². The topological polar surface area (TPSA) is 73.5 Å². The van der Waals surface area contributed by atoms with Gasteiger partial charge in [-0.15, -0.1) is 0 Å². The third-order valence-electron chi connectivity index (χ3n) is 2.30. The number of aromatic hydroxyl groups is 1. The van der Waals surface area contributed by atoms with Crippen molar-refractivity contribution >= 4 is 16.9 Å². The molecule has 0 aliphatic carbocycles. The van der Waals surface area contributed by atoms with E-state index in [1.807, 2.05) is 0 Å². The van der Waals surface area contributed by atoms with E-state index in [-0.39, 0.29) is 16.8 Å². The van der Waals surface area contributed by atoms with Gasteiger partial charge in [0.1, 0.15) is 5.75 Å². The van der Waals surface area contributed by atoms with Crippen LogP contribution in [0.2, 0.25) is 0 Å². The van der Waals surface area contributed by atoms with Crippen LogP contribution < -0.4 is 4.73 Å². The van der Waals surface area contributed by atoms with Crippen molar-refractivity contribution in [1.82, 2.24) is 0 Å². The molecular weight excluding hydrogens is 210 g/mol. The Morgan fingerprint density at radius 2 is 2.19 bits per heavy atom. The minimum atomic E-state index is -0.523. The van der Waals surface area contributed by atoms with Crippen molar-refractivity contribution in [1.29, 1.82) is 0 Å². The minimum Gasteiger partial charge on any atom is -0.618 e. The van der Waals surface area contributed by atoms with Crippen molar-refractivity contribution in [2.24, 2.45) is 0 Å². The molecule has 16 heavy (non-hydrogen) atoms. The quantitative estimate of drug-likeness (QED) is 0.440. The number of esters is 1. The number of methoxy groups -OCH3 is 1. The number of carbonyl (C=O) groups excluding carboxylic acids is 1. The van der Waals surface area contributed by atoms with E-state index in [0.717, 1.165) is 0 Å². The molecular formula is C11H9NO4. The highest BCUT2D eigenvalue weighted by Crippen LogP contribution is 2.22. The molecule has 1 N–H and O–H groups in total. The summed E-state index contributed by atoms with van der Waals surface area (Å²) < 4.78 is 5.13. The van der Waals surface area contributed by atoms with E-state index in [9.17, 15) is 15.1 Å². The van der Waals surface area contributed by atoms with Crippen molar-refractivity contribution in [3.8, 4) is 5.75 Å². The molecule has 0 aliphatic rings. The highest BCUT2D eigenvalue weighted by molar-refractivity contribution is 5.94. The summed E-state index contributed by atoms with van der Waals surface area (Å²) in [5, 5.41) is 21.4. The fourth-order valence-electron chi connectivity index (χ4n) is 1.48. The van der Waals surface area contributed by atoms with Gasteiger partial charge in [-0.2, -0.15) is 4.73 Å². The van der Waals surface area contributed by atoms with E-state index in [2.05, 4.69) is 4.74 Å². The average molecular weight is 219 g/mol. The molecule has 0 saturated heterocycles. The maximum Gasteiger partial charge on any atom is 0.338 e. The molecule has 82 valence electrons. The van der Waals surface area contributed by atoms with Gasteiger partial charge in [0, 0.05) is 12.1 Å². The second-order valence-corrected chi connectivity index (χ2v) is 3.25. The van der Waals surface area contributed by atoms with E-state index >= 15 is 0 Å². The minimum absolute atomic E-state index is 0.00137. The summed E-state index contributed by atoms with van der Waals surface area (Å²) >= 11 is 0. The number of hydrogen-bond acceptors (Lipinski definition) is 4. The second kappa shape index (κ2) is 3.69. The first kappa shape index (κ1) is 10.2. The van der Waals surface area contributed by atoms with Gasteiger partial charge in [-0.3, -0.25) is 0 Å². The lowest BCUT2D eigenvalue weighted by atomic mass is 10.1. The Hall–Kier alpha value is -2.30. The van der Waals surface area contributed by atoms with Gasteiger partial charge >= 0.3 is 5.97 Å². The zero-order valence-corrected chi connectivity index (χ0v) is 8.51. The molecule has 0 unspecified atom stereocenters. The second-order valence-electron chi connectivity index (χ2n) is 3.25. The monoisotopic (exact) mass is 219 g/mol. The molecule has 5 nitrogen and oxygen atoms in total. The van der Waals surface area contributed by atoms with E-state index in [0.29, 0.717) is 10.1 Å². The Kier molecular flexibility index (Phi) is 2.36. The number of rotatable bonds is 1. The number of aromatic nitrogens is 1. The molecule has 0 radical (unpaired) electrons. The average Bonchev–Trinajstić information content (AvgIpc) is 2.32. The number of hydrogen-bond donors (Lipinski definition) is 1. The first-order chi connectivity index (χ1) is 7.63. The summed E-state index contributed by atoms with van der Waals surface area (Å²) in [4.78, 5) is 11.3. The van der Waals surface area contributed by atoms with E-state index in [4.69, 9.17) is 0 Å². The van der Waals surface area contributed by atoms with E-state index in [1.165, 1.54) is 37.6 Å². The number of carbonyl (C=O) groups is 1. The molecule has 2 aromatic rings. The lowest BCUT2D eigenvalue weighted by molar-refractivity contribution is -0.577. The van der Waals surface area contributed by atoms with Crippen LogP contribution in [0.3, 0.4) is 0 Å². The summed E-state index contributed by atoms with van der Waals surface area (Å²) in [6.45, 7) is 0. The van der Waals surface area contributed by atoms with Gasteiger partial charge in [-0.1, -0.05) is 0 Å². The third kappa shape index (κ3) is 1.52. The molecule has 5 heteroatoms. The predicted octanol–water partition coefficient (Wildman–Crippen LogP) is 0.965. The van der Waals surface area contributed by atoms with E-state index < -0.39 is 5.97 Å². The predicted molar refractivity (Wildman–Crippen MR) is 55.9 cm³/mol. The van der Waals surface area contributed by atoms with Crippen molar-refractivity contribution in [2.75, 3.05) is 7.11 Å². The molecule has 0 bridgehead atoms. The van der Waals surface area contributed by atoms with Crippen LogP contribution in [0.15, 0.2) is 30.5 Å². The fraction of sp³-hybridized carbons (Fsp3) is 0.0909.